The molecule has 0 heterocycles. The quantitative estimate of drug-likeness (QED) is 0.680. The van der Waals surface area contributed by atoms with Crippen LogP contribution in [-0.2, 0) is 11.3 Å². The number of phenols is 1. The SMILES string of the molecule is CCOc1cc(CNCCCOC)ccc1O. The molecule has 0 fully saturated rings. The van der Waals surface area contributed by atoms with Gasteiger partial charge in [0.05, 0.1) is 6.61 Å². The molecule has 0 saturated heterocycles. The molecule has 0 radical (unpaired) electrons. The van der Waals surface area contributed by atoms with Crippen LogP contribution < -0.4 is 10.1 Å². The summed E-state index contributed by atoms with van der Waals surface area (Å²) >= 11 is 0. The van der Waals surface area contributed by atoms with E-state index in [0.29, 0.717) is 12.4 Å². The average molecular weight is 239 g/mol. The van der Waals surface area contributed by atoms with E-state index in [1.165, 1.54) is 0 Å². The molecule has 0 spiro atoms. The van der Waals surface area contributed by atoms with Crippen LogP contribution in [-0.4, -0.2) is 32.0 Å². The van der Waals surface area contributed by atoms with E-state index in [0.717, 1.165) is 31.7 Å². The Balaban J connectivity index is 2.40. The zero-order chi connectivity index (χ0) is 12.5. The van der Waals surface area contributed by atoms with Crippen molar-refractivity contribution in [3.8, 4) is 11.5 Å². The monoisotopic (exact) mass is 239 g/mol. The summed E-state index contributed by atoms with van der Waals surface area (Å²) in [7, 11) is 1.70. The van der Waals surface area contributed by atoms with E-state index in [-0.39, 0.29) is 5.75 Å². The minimum atomic E-state index is 0.190. The first-order valence-corrected chi connectivity index (χ1v) is 5.92. The molecule has 0 amide bonds. The molecule has 0 aliphatic rings. The first kappa shape index (κ1) is 13.8. The molecule has 96 valence electrons. The van der Waals surface area contributed by atoms with E-state index in [1.807, 2.05) is 19.1 Å². The largest absolute Gasteiger partial charge is 0.504 e. The van der Waals surface area contributed by atoms with Crippen molar-refractivity contribution in [1.82, 2.24) is 5.32 Å². The molecule has 1 aromatic carbocycles. The molecular weight excluding hydrogens is 218 g/mol. The van der Waals surface area contributed by atoms with Gasteiger partial charge in [-0.05, 0) is 37.6 Å². The number of nitrogens with one attached hydrogen (secondary N) is 1. The van der Waals surface area contributed by atoms with Crippen molar-refractivity contribution in [2.75, 3.05) is 26.9 Å². The Morgan fingerprint density at radius 3 is 2.88 bits per heavy atom. The average Bonchev–Trinajstić information content (AvgIpc) is 2.33. The van der Waals surface area contributed by atoms with Gasteiger partial charge in [-0.1, -0.05) is 6.07 Å². The maximum absolute atomic E-state index is 9.55. The number of aromatic hydroxyl groups is 1. The van der Waals surface area contributed by atoms with E-state index < -0.39 is 0 Å². The molecule has 0 unspecified atom stereocenters. The Hall–Kier alpha value is -1.26. The highest BCUT2D eigenvalue weighted by molar-refractivity contribution is 5.41. The fraction of sp³-hybridized carbons (Fsp3) is 0.538. The van der Waals surface area contributed by atoms with Crippen LogP contribution in [0.5, 0.6) is 11.5 Å². The normalized spacial score (nSPS) is 10.5. The number of benzene rings is 1. The van der Waals surface area contributed by atoms with E-state index in [4.69, 9.17) is 9.47 Å². The summed E-state index contributed by atoms with van der Waals surface area (Å²) in [6.45, 7) is 4.91. The molecule has 1 rings (SSSR count). The van der Waals surface area contributed by atoms with Crippen molar-refractivity contribution in [3.63, 3.8) is 0 Å². The van der Waals surface area contributed by atoms with Crippen LogP contribution in [0, 0.1) is 0 Å². The van der Waals surface area contributed by atoms with Crippen LogP contribution in [0.3, 0.4) is 0 Å². The van der Waals surface area contributed by atoms with Gasteiger partial charge in [-0.25, -0.2) is 0 Å². The number of rotatable bonds is 8. The molecule has 4 heteroatoms. The molecule has 0 saturated carbocycles. The summed E-state index contributed by atoms with van der Waals surface area (Å²) in [6.07, 6.45) is 0.993. The molecule has 0 aromatic heterocycles. The van der Waals surface area contributed by atoms with E-state index in [2.05, 4.69) is 5.32 Å². The van der Waals surface area contributed by atoms with Crippen molar-refractivity contribution in [3.05, 3.63) is 23.8 Å². The second kappa shape index (κ2) is 7.92. The van der Waals surface area contributed by atoms with Gasteiger partial charge in [0.1, 0.15) is 0 Å². The Morgan fingerprint density at radius 2 is 2.18 bits per heavy atom. The van der Waals surface area contributed by atoms with Crippen molar-refractivity contribution in [2.24, 2.45) is 0 Å². The molecule has 4 nitrogen and oxygen atoms in total. The molecule has 17 heavy (non-hydrogen) atoms. The fourth-order valence-corrected chi connectivity index (χ4v) is 1.51. The van der Waals surface area contributed by atoms with Crippen molar-refractivity contribution < 1.29 is 14.6 Å². The third kappa shape index (κ3) is 5.06. The standard InChI is InChI=1S/C13H21NO3/c1-3-17-13-9-11(5-6-12(13)15)10-14-7-4-8-16-2/h5-6,9,14-15H,3-4,7-8,10H2,1-2H3. The minimum Gasteiger partial charge on any atom is -0.504 e. The Labute approximate surface area is 103 Å². The first-order chi connectivity index (χ1) is 8.27. The third-order valence-electron chi connectivity index (χ3n) is 2.36. The van der Waals surface area contributed by atoms with Crippen LogP contribution in [0.15, 0.2) is 18.2 Å². The second-order valence-corrected chi connectivity index (χ2v) is 3.76. The van der Waals surface area contributed by atoms with E-state index in [1.54, 1.807) is 13.2 Å². The molecular formula is C13H21NO3. The summed E-state index contributed by atoms with van der Waals surface area (Å²) < 4.78 is 10.3. The van der Waals surface area contributed by atoms with Crippen molar-refractivity contribution in [1.29, 1.82) is 0 Å². The second-order valence-electron chi connectivity index (χ2n) is 3.76. The lowest BCUT2D eigenvalue weighted by molar-refractivity contribution is 0.194. The molecule has 0 aliphatic carbocycles. The van der Waals surface area contributed by atoms with Gasteiger partial charge in [0.25, 0.3) is 0 Å². The van der Waals surface area contributed by atoms with Gasteiger partial charge in [0.2, 0.25) is 0 Å². The lowest BCUT2D eigenvalue weighted by Gasteiger charge is -2.09. The summed E-state index contributed by atoms with van der Waals surface area (Å²) in [6, 6.07) is 5.42. The molecule has 1 aromatic rings. The molecule has 0 atom stereocenters. The highest BCUT2D eigenvalue weighted by Crippen LogP contribution is 2.26. The summed E-state index contributed by atoms with van der Waals surface area (Å²) in [5.41, 5.74) is 1.10. The number of ether oxygens (including phenoxy) is 2. The Kier molecular flexibility index (Phi) is 6.43. The van der Waals surface area contributed by atoms with Gasteiger partial charge in [-0.3, -0.25) is 0 Å². The van der Waals surface area contributed by atoms with E-state index in [9.17, 15) is 5.11 Å². The van der Waals surface area contributed by atoms with Crippen LogP contribution in [0.2, 0.25) is 0 Å². The Bertz CT molecular complexity index is 328. The van der Waals surface area contributed by atoms with E-state index >= 15 is 0 Å². The van der Waals surface area contributed by atoms with Gasteiger partial charge in [0.15, 0.2) is 11.5 Å². The van der Waals surface area contributed by atoms with Crippen LogP contribution in [0.4, 0.5) is 0 Å². The third-order valence-corrected chi connectivity index (χ3v) is 2.36. The lowest BCUT2D eigenvalue weighted by atomic mass is 10.2. The topological polar surface area (TPSA) is 50.7 Å². The highest BCUT2D eigenvalue weighted by atomic mass is 16.5. The van der Waals surface area contributed by atoms with Crippen LogP contribution in [0.1, 0.15) is 18.9 Å². The zero-order valence-corrected chi connectivity index (χ0v) is 10.5. The maximum Gasteiger partial charge on any atom is 0.161 e. The van der Waals surface area contributed by atoms with Crippen molar-refractivity contribution >= 4 is 0 Å². The van der Waals surface area contributed by atoms with Crippen molar-refractivity contribution in [2.45, 2.75) is 19.9 Å². The summed E-state index contributed by atoms with van der Waals surface area (Å²) in [5.74, 6) is 0.735. The Morgan fingerprint density at radius 1 is 1.35 bits per heavy atom. The summed E-state index contributed by atoms with van der Waals surface area (Å²) in [5, 5.41) is 12.9. The van der Waals surface area contributed by atoms with Gasteiger partial charge >= 0.3 is 0 Å². The van der Waals surface area contributed by atoms with Gasteiger partial charge < -0.3 is 19.9 Å². The molecule has 0 bridgehead atoms. The van der Waals surface area contributed by atoms with Crippen LogP contribution >= 0.6 is 0 Å². The first-order valence-electron chi connectivity index (χ1n) is 5.92. The highest BCUT2D eigenvalue weighted by Gasteiger charge is 2.02. The smallest absolute Gasteiger partial charge is 0.161 e. The van der Waals surface area contributed by atoms with Gasteiger partial charge in [-0.15, -0.1) is 0 Å². The number of methoxy groups -OCH3 is 1. The number of phenolic OH excluding ortho intramolecular Hbond substituents is 1. The number of hydrogen-bond acceptors (Lipinski definition) is 4. The van der Waals surface area contributed by atoms with Crippen LogP contribution in [0.25, 0.3) is 0 Å². The molecule has 2 N–H and O–H groups in total. The van der Waals surface area contributed by atoms with Gasteiger partial charge in [0, 0.05) is 20.3 Å². The fourth-order valence-electron chi connectivity index (χ4n) is 1.51. The zero-order valence-electron chi connectivity index (χ0n) is 10.5. The molecule has 0 aliphatic heterocycles. The maximum atomic E-state index is 9.55. The minimum absolute atomic E-state index is 0.190. The number of hydrogen-bond donors (Lipinski definition) is 2. The lowest BCUT2D eigenvalue weighted by Crippen LogP contribution is -2.16. The predicted molar refractivity (Wildman–Crippen MR) is 67.5 cm³/mol. The van der Waals surface area contributed by atoms with Gasteiger partial charge in [-0.2, -0.15) is 0 Å². The predicted octanol–water partition coefficient (Wildman–Crippen LogP) is 1.92. The summed E-state index contributed by atoms with van der Waals surface area (Å²) in [4.78, 5) is 0.